The van der Waals surface area contributed by atoms with E-state index in [-0.39, 0.29) is 12.1 Å². The van der Waals surface area contributed by atoms with Crippen LogP contribution in [0.5, 0.6) is 0 Å². The van der Waals surface area contributed by atoms with Crippen LogP contribution in [0.2, 0.25) is 0 Å². The lowest BCUT2D eigenvalue weighted by Gasteiger charge is -2.37. The highest BCUT2D eigenvalue weighted by atomic mass is 35.5. The van der Waals surface area contributed by atoms with Crippen LogP contribution in [0, 0.1) is 0 Å². The minimum Gasteiger partial charge on any atom is -0.455 e. The van der Waals surface area contributed by atoms with E-state index in [9.17, 15) is 4.79 Å². The van der Waals surface area contributed by atoms with Crippen LogP contribution in [-0.4, -0.2) is 48.6 Å². The number of ether oxygens (including phenoxy) is 1. The normalized spacial score (nSPS) is 13.7. The summed E-state index contributed by atoms with van der Waals surface area (Å²) in [6.07, 6.45) is -0.163. The van der Waals surface area contributed by atoms with Gasteiger partial charge in [0.05, 0.1) is 25.5 Å². The van der Waals surface area contributed by atoms with Gasteiger partial charge in [-0.05, 0) is 20.8 Å². The van der Waals surface area contributed by atoms with Crippen LogP contribution < -0.4 is 0 Å². The Labute approximate surface area is 97.9 Å². The van der Waals surface area contributed by atoms with E-state index in [0.29, 0.717) is 5.88 Å². The number of nitrogens with zero attached hydrogens (tertiary/aromatic N) is 1. The van der Waals surface area contributed by atoms with Crippen LogP contribution in [0.3, 0.4) is 0 Å². The monoisotopic (exact) mass is 236 g/mol. The quantitative estimate of drug-likeness (QED) is 0.384. The number of likely N-dealkylation sites (N-methyl/N-ethyl adjacent to an activating group) is 1. The van der Waals surface area contributed by atoms with Crippen LogP contribution in [-0.2, 0) is 9.53 Å². The summed E-state index contributed by atoms with van der Waals surface area (Å²) in [5, 5.41) is 0. The van der Waals surface area contributed by atoms with Gasteiger partial charge < -0.3 is 9.22 Å². The smallest absolute Gasteiger partial charge is 0.303 e. The van der Waals surface area contributed by atoms with Crippen molar-refractivity contribution in [2.24, 2.45) is 0 Å². The van der Waals surface area contributed by atoms with Crippen LogP contribution in [0.15, 0.2) is 0 Å². The molecular weight excluding hydrogens is 214 g/mol. The second-order valence-corrected chi connectivity index (χ2v) is 4.17. The fourth-order valence-corrected chi connectivity index (χ4v) is 2.00. The molecule has 0 amide bonds. The summed E-state index contributed by atoms with van der Waals surface area (Å²) in [6.45, 7) is 11.8. The number of hydrogen-bond acceptors (Lipinski definition) is 2. The van der Waals surface area contributed by atoms with Gasteiger partial charge in [-0.3, -0.25) is 4.79 Å². The molecule has 0 aromatic heterocycles. The van der Waals surface area contributed by atoms with Crippen LogP contribution >= 0.6 is 11.6 Å². The lowest BCUT2D eigenvalue weighted by Crippen LogP contribution is -2.53. The second-order valence-electron chi connectivity index (χ2n) is 3.86. The molecule has 0 saturated heterocycles. The first-order valence-corrected chi connectivity index (χ1v) is 6.15. The lowest BCUT2D eigenvalue weighted by molar-refractivity contribution is -0.925. The standard InChI is InChI=1S/C11H23ClNO2/c1-5-13(6-2,7-3)9-11(8-12)15-10(4)14/h11H,5-9H2,1-4H3/q+1. The maximum absolute atomic E-state index is 10.9. The molecule has 15 heavy (non-hydrogen) atoms. The number of alkyl halides is 1. The fourth-order valence-electron chi connectivity index (χ4n) is 1.84. The zero-order valence-electron chi connectivity index (χ0n) is 10.3. The van der Waals surface area contributed by atoms with E-state index < -0.39 is 0 Å². The third kappa shape index (κ3) is 4.85. The highest BCUT2D eigenvalue weighted by Gasteiger charge is 2.27. The molecule has 1 atom stereocenters. The largest absolute Gasteiger partial charge is 0.455 e. The van der Waals surface area contributed by atoms with E-state index in [1.807, 2.05) is 0 Å². The molecular formula is C11H23ClNO2+. The highest BCUT2D eigenvalue weighted by molar-refractivity contribution is 6.18. The van der Waals surface area contributed by atoms with Crippen LogP contribution in [0.25, 0.3) is 0 Å². The minimum atomic E-state index is -0.248. The maximum Gasteiger partial charge on any atom is 0.303 e. The Balaban J connectivity index is 4.40. The van der Waals surface area contributed by atoms with Gasteiger partial charge in [0.1, 0.15) is 6.54 Å². The van der Waals surface area contributed by atoms with Crippen molar-refractivity contribution < 1.29 is 14.0 Å². The Kier molecular flexibility index (Phi) is 6.94. The number of rotatable bonds is 7. The Hall–Kier alpha value is -0.280. The lowest BCUT2D eigenvalue weighted by atomic mass is 10.2. The molecule has 0 aromatic carbocycles. The van der Waals surface area contributed by atoms with Crippen molar-refractivity contribution >= 4 is 17.6 Å². The molecule has 0 heterocycles. The molecule has 0 aliphatic carbocycles. The van der Waals surface area contributed by atoms with Crippen LogP contribution in [0.4, 0.5) is 0 Å². The van der Waals surface area contributed by atoms with E-state index in [1.54, 1.807) is 0 Å². The van der Waals surface area contributed by atoms with Gasteiger partial charge in [0.15, 0.2) is 6.10 Å². The zero-order valence-corrected chi connectivity index (χ0v) is 11.0. The first kappa shape index (κ1) is 14.7. The Morgan fingerprint density at radius 2 is 1.73 bits per heavy atom. The van der Waals surface area contributed by atoms with Gasteiger partial charge in [0, 0.05) is 6.92 Å². The number of quaternary nitrogens is 1. The van der Waals surface area contributed by atoms with Crippen molar-refractivity contribution in [2.75, 3.05) is 32.1 Å². The van der Waals surface area contributed by atoms with Gasteiger partial charge in [0.2, 0.25) is 0 Å². The molecule has 0 rings (SSSR count). The molecule has 90 valence electrons. The van der Waals surface area contributed by atoms with E-state index >= 15 is 0 Å². The number of carbonyl (C=O) groups is 1. The summed E-state index contributed by atoms with van der Waals surface area (Å²) in [5.74, 6) is 0.126. The third-order valence-electron chi connectivity index (χ3n) is 3.11. The Morgan fingerprint density at radius 3 is 2.00 bits per heavy atom. The molecule has 0 fully saturated rings. The Bertz CT molecular complexity index is 185. The van der Waals surface area contributed by atoms with E-state index in [0.717, 1.165) is 30.7 Å². The number of halogens is 1. The van der Waals surface area contributed by atoms with Crippen molar-refractivity contribution in [3.05, 3.63) is 0 Å². The predicted octanol–water partition coefficient (Wildman–Crippen LogP) is 2.03. The van der Waals surface area contributed by atoms with Gasteiger partial charge in [-0.2, -0.15) is 0 Å². The summed E-state index contributed by atoms with van der Waals surface area (Å²) in [5.41, 5.74) is 0. The van der Waals surface area contributed by atoms with Gasteiger partial charge in [-0.15, -0.1) is 11.6 Å². The first-order valence-electron chi connectivity index (χ1n) is 5.61. The average Bonchev–Trinajstić information content (AvgIpc) is 2.24. The van der Waals surface area contributed by atoms with Crippen molar-refractivity contribution in [2.45, 2.75) is 33.8 Å². The molecule has 0 bridgehead atoms. The Morgan fingerprint density at radius 1 is 1.27 bits per heavy atom. The fraction of sp³-hybridized carbons (Fsp3) is 0.909. The van der Waals surface area contributed by atoms with Crippen molar-refractivity contribution in [3.63, 3.8) is 0 Å². The molecule has 0 aliphatic rings. The van der Waals surface area contributed by atoms with E-state index in [4.69, 9.17) is 16.3 Å². The molecule has 4 heteroatoms. The van der Waals surface area contributed by atoms with Crippen molar-refractivity contribution in [3.8, 4) is 0 Å². The number of carbonyl (C=O) groups excluding carboxylic acids is 1. The van der Waals surface area contributed by atoms with Gasteiger partial charge in [0.25, 0.3) is 0 Å². The second kappa shape index (κ2) is 7.07. The molecule has 0 saturated carbocycles. The predicted molar refractivity (Wildman–Crippen MR) is 63.0 cm³/mol. The average molecular weight is 237 g/mol. The first-order chi connectivity index (χ1) is 7.03. The molecule has 0 aromatic rings. The summed E-state index contributed by atoms with van der Waals surface area (Å²) in [4.78, 5) is 10.9. The maximum atomic E-state index is 10.9. The summed E-state index contributed by atoms with van der Waals surface area (Å²) in [7, 11) is 0. The molecule has 3 nitrogen and oxygen atoms in total. The van der Waals surface area contributed by atoms with Gasteiger partial charge in [-0.25, -0.2) is 0 Å². The highest BCUT2D eigenvalue weighted by Crippen LogP contribution is 2.10. The zero-order chi connectivity index (χ0) is 11.9. The molecule has 0 radical (unpaired) electrons. The van der Waals surface area contributed by atoms with Crippen molar-refractivity contribution in [1.29, 1.82) is 0 Å². The number of hydrogen-bond donors (Lipinski definition) is 0. The molecule has 0 spiro atoms. The van der Waals surface area contributed by atoms with Gasteiger partial charge in [-0.1, -0.05) is 0 Å². The van der Waals surface area contributed by atoms with Crippen LogP contribution in [0.1, 0.15) is 27.7 Å². The van der Waals surface area contributed by atoms with E-state index in [1.165, 1.54) is 6.92 Å². The summed E-state index contributed by atoms with van der Waals surface area (Å²) < 4.78 is 6.12. The summed E-state index contributed by atoms with van der Waals surface area (Å²) in [6, 6.07) is 0. The van der Waals surface area contributed by atoms with E-state index in [2.05, 4.69) is 20.8 Å². The topological polar surface area (TPSA) is 26.3 Å². The third-order valence-corrected chi connectivity index (χ3v) is 3.45. The summed E-state index contributed by atoms with van der Waals surface area (Å²) >= 11 is 5.80. The molecule has 0 N–H and O–H groups in total. The molecule has 0 aliphatic heterocycles. The van der Waals surface area contributed by atoms with Crippen molar-refractivity contribution in [1.82, 2.24) is 0 Å². The molecule has 1 unspecified atom stereocenters. The SMILES string of the molecule is CC[N+](CC)(CC)CC(CCl)OC(C)=O. The number of esters is 1. The van der Waals surface area contributed by atoms with Gasteiger partial charge >= 0.3 is 5.97 Å². The minimum absolute atomic E-state index is 0.163.